The Bertz CT molecular complexity index is 470. The Balaban J connectivity index is 2.02. The molecule has 1 aliphatic heterocycles. The molecular formula is C13H17ClN2O2S. The molecule has 104 valence electrons. The lowest BCUT2D eigenvalue weighted by atomic mass is 10.2. The topological polar surface area (TPSA) is 52.6 Å². The molecule has 1 atom stereocenters. The first-order valence-corrected chi connectivity index (χ1v) is 7.88. The van der Waals surface area contributed by atoms with Crippen LogP contribution in [0.5, 0.6) is 0 Å². The molecule has 0 radical (unpaired) electrons. The van der Waals surface area contributed by atoms with E-state index in [0.717, 1.165) is 17.0 Å². The van der Waals surface area contributed by atoms with Gasteiger partial charge in [0.05, 0.1) is 6.10 Å². The van der Waals surface area contributed by atoms with Crippen molar-refractivity contribution < 1.29 is 9.90 Å². The summed E-state index contributed by atoms with van der Waals surface area (Å²) in [6.45, 7) is 0.995. The van der Waals surface area contributed by atoms with Crippen molar-refractivity contribution in [1.29, 1.82) is 0 Å². The van der Waals surface area contributed by atoms with E-state index in [1.807, 2.05) is 12.3 Å². The molecule has 0 saturated carbocycles. The maximum atomic E-state index is 12.0. The molecule has 6 heteroatoms. The minimum atomic E-state index is -0.400. The number of likely N-dealkylation sites (tertiary alicyclic amines) is 1. The Morgan fingerprint density at radius 3 is 3.05 bits per heavy atom. The van der Waals surface area contributed by atoms with Gasteiger partial charge in [-0.3, -0.25) is 0 Å². The molecule has 1 saturated heterocycles. The normalized spacial score (nSPS) is 18.7. The summed E-state index contributed by atoms with van der Waals surface area (Å²) in [7, 11) is 0. The standard InChI is InChI=1S/C13H17ClN2O2S/c1-19-8-9-6-10(2-3-12(9)14)15-13(18)16-5-4-11(17)7-16/h2-3,6,11,17H,4-5,7-8H2,1H3,(H,15,18)/t11-/m0/s1. The molecule has 19 heavy (non-hydrogen) atoms. The summed E-state index contributed by atoms with van der Waals surface area (Å²) in [6.07, 6.45) is 2.25. The quantitative estimate of drug-likeness (QED) is 0.902. The molecule has 1 aromatic rings. The van der Waals surface area contributed by atoms with E-state index in [4.69, 9.17) is 11.6 Å². The number of nitrogens with one attached hydrogen (secondary N) is 1. The van der Waals surface area contributed by atoms with Crippen LogP contribution in [0.1, 0.15) is 12.0 Å². The van der Waals surface area contributed by atoms with Gasteiger partial charge in [0, 0.05) is 29.6 Å². The Hall–Kier alpha value is -0.910. The van der Waals surface area contributed by atoms with Gasteiger partial charge in [0.15, 0.2) is 0 Å². The SMILES string of the molecule is CSCc1cc(NC(=O)N2CC[C@H](O)C2)ccc1Cl. The largest absolute Gasteiger partial charge is 0.391 e. The van der Waals surface area contributed by atoms with Crippen LogP contribution in [-0.2, 0) is 5.75 Å². The van der Waals surface area contributed by atoms with Gasteiger partial charge in [-0.1, -0.05) is 11.6 Å². The zero-order valence-electron chi connectivity index (χ0n) is 10.7. The summed E-state index contributed by atoms with van der Waals surface area (Å²) >= 11 is 7.77. The highest BCUT2D eigenvalue weighted by atomic mass is 35.5. The monoisotopic (exact) mass is 300 g/mol. The molecule has 0 aliphatic carbocycles. The number of rotatable bonds is 3. The summed E-state index contributed by atoms with van der Waals surface area (Å²) in [5, 5.41) is 13.0. The van der Waals surface area contributed by atoms with Gasteiger partial charge in [-0.25, -0.2) is 4.79 Å². The minimum absolute atomic E-state index is 0.172. The van der Waals surface area contributed by atoms with Gasteiger partial charge in [0.25, 0.3) is 0 Å². The molecule has 1 aliphatic rings. The molecule has 2 N–H and O–H groups in total. The van der Waals surface area contributed by atoms with Crippen molar-refractivity contribution in [2.75, 3.05) is 24.7 Å². The predicted octanol–water partition coefficient (Wildman–Crippen LogP) is 2.80. The van der Waals surface area contributed by atoms with Crippen LogP contribution < -0.4 is 5.32 Å². The van der Waals surface area contributed by atoms with Crippen LogP contribution in [0, 0.1) is 0 Å². The molecule has 1 fully saturated rings. The Kier molecular flexibility index (Phi) is 4.96. The van der Waals surface area contributed by atoms with E-state index in [2.05, 4.69) is 5.32 Å². The number of benzene rings is 1. The lowest BCUT2D eigenvalue weighted by molar-refractivity contribution is 0.176. The first-order valence-electron chi connectivity index (χ1n) is 6.11. The lowest BCUT2D eigenvalue weighted by Crippen LogP contribution is -2.33. The molecule has 0 spiro atoms. The van der Waals surface area contributed by atoms with Gasteiger partial charge in [-0.05, 0) is 36.4 Å². The van der Waals surface area contributed by atoms with Crippen LogP contribution in [0.15, 0.2) is 18.2 Å². The number of aliphatic hydroxyl groups excluding tert-OH is 1. The number of carbonyl (C=O) groups excluding carboxylic acids is 1. The minimum Gasteiger partial charge on any atom is -0.391 e. The van der Waals surface area contributed by atoms with Gasteiger partial charge in [0.1, 0.15) is 0 Å². The third-order valence-electron chi connectivity index (χ3n) is 3.05. The van der Waals surface area contributed by atoms with E-state index < -0.39 is 6.10 Å². The fourth-order valence-corrected chi connectivity index (χ4v) is 2.86. The van der Waals surface area contributed by atoms with Crippen molar-refractivity contribution in [2.45, 2.75) is 18.3 Å². The van der Waals surface area contributed by atoms with Crippen molar-refractivity contribution >= 4 is 35.1 Å². The number of halogens is 1. The molecule has 2 rings (SSSR count). The number of urea groups is 1. The van der Waals surface area contributed by atoms with Crippen LogP contribution in [0.2, 0.25) is 5.02 Å². The second kappa shape index (κ2) is 6.50. The number of nitrogens with zero attached hydrogens (tertiary/aromatic N) is 1. The van der Waals surface area contributed by atoms with Crippen molar-refractivity contribution in [3.8, 4) is 0 Å². The average molecular weight is 301 g/mol. The molecule has 1 aromatic carbocycles. The molecule has 0 unspecified atom stereocenters. The first kappa shape index (κ1) is 14.5. The number of β-amino-alcohol motifs (C(OH)–C–C–N with tert-alkyl or cyclic N) is 1. The smallest absolute Gasteiger partial charge is 0.321 e. The maximum absolute atomic E-state index is 12.0. The van der Waals surface area contributed by atoms with E-state index in [0.29, 0.717) is 24.5 Å². The lowest BCUT2D eigenvalue weighted by Gasteiger charge is -2.17. The summed E-state index contributed by atoms with van der Waals surface area (Å²) in [5.41, 5.74) is 1.74. The Morgan fingerprint density at radius 2 is 2.42 bits per heavy atom. The Morgan fingerprint density at radius 1 is 1.63 bits per heavy atom. The highest BCUT2D eigenvalue weighted by Gasteiger charge is 2.24. The van der Waals surface area contributed by atoms with Gasteiger partial charge in [-0.2, -0.15) is 11.8 Å². The second-order valence-electron chi connectivity index (χ2n) is 4.56. The van der Waals surface area contributed by atoms with Gasteiger partial charge >= 0.3 is 6.03 Å². The summed E-state index contributed by atoms with van der Waals surface area (Å²) in [6, 6.07) is 5.30. The number of hydrogen-bond acceptors (Lipinski definition) is 3. The van der Waals surface area contributed by atoms with Gasteiger partial charge < -0.3 is 15.3 Å². The number of amides is 2. The zero-order chi connectivity index (χ0) is 13.8. The van der Waals surface area contributed by atoms with Crippen LogP contribution in [0.3, 0.4) is 0 Å². The third kappa shape index (κ3) is 3.78. The fourth-order valence-electron chi connectivity index (χ4n) is 2.05. The van der Waals surface area contributed by atoms with Crippen LogP contribution in [0.4, 0.5) is 10.5 Å². The molecule has 2 amide bonds. The van der Waals surface area contributed by atoms with Crippen LogP contribution in [0.25, 0.3) is 0 Å². The molecule has 4 nitrogen and oxygen atoms in total. The highest BCUT2D eigenvalue weighted by Crippen LogP contribution is 2.24. The van der Waals surface area contributed by atoms with Crippen LogP contribution >= 0.6 is 23.4 Å². The van der Waals surface area contributed by atoms with Crippen molar-refractivity contribution in [3.63, 3.8) is 0 Å². The van der Waals surface area contributed by atoms with Crippen molar-refractivity contribution in [2.24, 2.45) is 0 Å². The van der Waals surface area contributed by atoms with E-state index in [1.165, 1.54) is 0 Å². The van der Waals surface area contributed by atoms with E-state index in [1.54, 1.807) is 28.8 Å². The Labute approximate surface area is 122 Å². The molecule has 0 bridgehead atoms. The fraction of sp³-hybridized carbons (Fsp3) is 0.462. The third-order valence-corrected chi connectivity index (χ3v) is 4.02. The van der Waals surface area contributed by atoms with Gasteiger partial charge in [0.2, 0.25) is 0 Å². The van der Waals surface area contributed by atoms with E-state index in [9.17, 15) is 9.90 Å². The van der Waals surface area contributed by atoms with E-state index in [-0.39, 0.29) is 6.03 Å². The predicted molar refractivity (Wildman–Crippen MR) is 79.9 cm³/mol. The highest BCUT2D eigenvalue weighted by molar-refractivity contribution is 7.97. The zero-order valence-corrected chi connectivity index (χ0v) is 12.3. The van der Waals surface area contributed by atoms with E-state index >= 15 is 0 Å². The molecule has 0 aromatic heterocycles. The first-order chi connectivity index (χ1) is 9.10. The van der Waals surface area contributed by atoms with Crippen LogP contribution in [-0.4, -0.2) is 41.5 Å². The second-order valence-corrected chi connectivity index (χ2v) is 5.83. The van der Waals surface area contributed by atoms with Gasteiger partial charge in [-0.15, -0.1) is 0 Å². The maximum Gasteiger partial charge on any atom is 0.321 e. The number of hydrogen-bond donors (Lipinski definition) is 2. The van der Waals surface area contributed by atoms with Crippen molar-refractivity contribution in [1.82, 2.24) is 4.90 Å². The summed E-state index contributed by atoms with van der Waals surface area (Å²) < 4.78 is 0. The number of anilines is 1. The summed E-state index contributed by atoms with van der Waals surface area (Å²) in [4.78, 5) is 13.6. The number of aliphatic hydroxyl groups is 1. The summed E-state index contributed by atoms with van der Waals surface area (Å²) in [5.74, 6) is 0.810. The molecule has 1 heterocycles. The molecular weight excluding hydrogens is 284 g/mol. The van der Waals surface area contributed by atoms with Crippen molar-refractivity contribution in [3.05, 3.63) is 28.8 Å². The number of carbonyl (C=O) groups is 1. The average Bonchev–Trinajstić information content (AvgIpc) is 2.80. The number of thioether (sulfide) groups is 1.